The Bertz CT molecular complexity index is 639. The molecule has 2 amide bonds. The van der Waals surface area contributed by atoms with E-state index in [0.717, 1.165) is 19.3 Å². The van der Waals surface area contributed by atoms with Gasteiger partial charge < -0.3 is 24.8 Å². The number of likely N-dealkylation sites (tertiary alicyclic amines) is 1. The number of ether oxygens (including phenoxy) is 2. The smallest absolute Gasteiger partial charge is 0.337 e. The number of nitrogens with zero attached hydrogens (tertiary/aromatic N) is 1. The van der Waals surface area contributed by atoms with E-state index in [2.05, 4.69) is 14.8 Å². The van der Waals surface area contributed by atoms with Crippen molar-refractivity contribution >= 4 is 23.7 Å². The standard InChI is InChI=1S/C18H24N2O6/c1-25-16(22)12-9-13(17(23)26-2)11-14(10-12)19-18(24)20-7-4-3-5-15(20)6-8-21/h9-11,15,21H,3-8H2,1-2H3,(H,19,24)/t15-/m0/s1. The van der Waals surface area contributed by atoms with Crippen LogP contribution >= 0.6 is 0 Å². The van der Waals surface area contributed by atoms with Gasteiger partial charge in [-0.15, -0.1) is 0 Å². The van der Waals surface area contributed by atoms with Crippen molar-refractivity contribution < 1.29 is 29.0 Å². The number of piperidine rings is 1. The summed E-state index contributed by atoms with van der Waals surface area (Å²) >= 11 is 0. The predicted molar refractivity (Wildman–Crippen MR) is 94.2 cm³/mol. The second-order valence-corrected chi connectivity index (χ2v) is 6.07. The second kappa shape index (κ2) is 9.19. The fourth-order valence-corrected chi connectivity index (χ4v) is 3.08. The summed E-state index contributed by atoms with van der Waals surface area (Å²) in [5.41, 5.74) is 0.569. The van der Waals surface area contributed by atoms with E-state index in [-0.39, 0.29) is 29.8 Å². The molecule has 0 unspecified atom stereocenters. The van der Waals surface area contributed by atoms with Crippen molar-refractivity contribution in [1.82, 2.24) is 4.90 Å². The van der Waals surface area contributed by atoms with Crippen LogP contribution in [0.2, 0.25) is 0 Å². The van der Waals surface area contributed by atoms with Gasteiger partial charge in [-0.3, -0.25) is 0 Å². The van der Waals surface area contributed by atoms with Gasteiger partial charge >= 0.3 is 18.0 Å². The number of nitrogens with one attached hydrogen (secondary N) is 1. The molecule has 0 spiro atoms. The Hall–Kier alpha value is -2.61. The lowest BCUT2D eigenvalue weighted by atomic mass is 10.00. The molecule has 1 heterocycles. The first-order valence-electron chi connectivity index (χ1n) is 8.50. The third kappa shape index (κ3) is 4.72. The molecule has 1 saturated heterocycles. The molecule has 0 bridgehead atoms. The summed E-state index contributed by atoms with van der Waals surface area (Å²) in [6, 6.07) is 3.88. The molecule has 1 aromatic rings. The van der Waals surface area contributed by atoms with E-state index in [9.17, 15) is 19.5 Å². The minimum atomic E-state index is -0.623. The van der Waals surface area contributed by atoms with Gasteiger partial charge in [0.05, 0.1) is 25.3 Å². The molecular weight excluding hydrogens is 340 g/mol. The van der Waals surface area contributed by atoms with Crippen LogP contribution in [0.1, 0.15) is 46.4 Å². The number of carbonyl (C=O) groups is 3. The number of rotatable bonds is 5. The van der Waals surface area contributed by atoms with Gasteiger partial charge in [-0.2, -0.15) is 0 Å². The second-order valence-electron chi connectivity index (χ2n) is 6.07. The topological polar surface area (TPSA) is 105 Å². The van der Waals surface area contributed by atoms with Crippen molar-refractivity contribution in [3.8, 4) is 0 Å². The lowest BCUT2D eigenvalue weighted by molar-refractivity contribution is 0.0599. The monoisotopic (exact) mass is 364 g/mol. The molecule has 0 aliphatic carbocycles. The van der Waals surface area contributed by atoms with Gasteiger partial charge in [0.2, 0.25) is 0 Å². The first-order chi connectivity index (χ1) is 12.5. The van der Waals surface area contributed by atoms with Crippen LogP contribution in [0, 0.1) is 0 Å². The number of benzene rings is 1. The van der Waals surface area contributed by atoms with Gasteiger partial charge in [0.1, 0.15) is 0 Å². The van der Waals surface area contributed by atoms with Crippen molar-refractivity contribution in [2.45, 2.75) is 31.7 Å². The van der Waals surface area contributed by atoms with Gasteiger partial charge in [0, 0.05) is 24.9 Å². The van der Waals surface area contributed by atoms with E-state index in [0.29, 0.717) is 18.7 Å². The summed E-state index contributed by atoms with van der Waals surface area (Å²) in [4.78, 5) is 38.0. The zero-order valence-electron chi connectivity index (χ0n) is 15.0. The molecule has 26 heavy (non-hydrogen) atoms. The number of anilines is 1. The SMILES string of the molecule is COC(=O)c1cc(NC(=O)N2CCCC[C@H]2CCO)cc(C(=O)OC)c1. The van der Waals surface area contributed by atoms with Crippen molar-refractivity contribution in [3.63, 3.8) is 0 Å². The average Bonchev–Trinajstić information content (AvgIpc) is 2.67. The molecule has 8 heteroatoms. The summed E-state index contributed by atoms with van der Waals surface area (Å²) in [5, 5.41) is 11.9. The van der Waals surface area contributed by atoms with Crippen molar-refractivity contribution in [3.05, 3.63) is 29.3 Å². The lowest BCUT2D eigenvalue weighted by Gasteiger charge is -2.35. The van der Waals surface area contributed by atoms with E-state index < -0.39 is 11.9 Å². The molecule has 0 saturated carbocycles. The van der Waals surface area contributed by atoms with E-state index >= 15 is 0 Å². The molecule has 8 nitrogen and oxygen atoms in total. The number of carbonyl (C=O) groups excluding carboxylic acids is 3. The van der Waals surface area contributed by atoms with Gasteiger partial charge in [0.25, 0.3) is 0 Å². The molecule has 0 radical (unpaired) electrons. The summed E-state index contributed by atoms with van der Waals surface area (Å²) in [6.45, 7) is 0.607. The number of esters is 2. The van der Waals surface area contributed by atoms with Crippen LogP contribution in [0.4, 0.5) is 10.5 Å². The van der Waals surface area contributed by atoms with Crippen LogP contribution in [0.15, 0.2) is 18.2 Å². The Morgan fingerprint density at radius 3 is 2.27 bits per heavy atom. The fraction of sp³-hybridized carbons (Fsp3) is 0.500. The Kier molecular flexibility index (Phi) is 6.97. The zero-order valence-corrected chi connectivity index (χ0v) is 15.0. The molecule has 1 aliphatic heterocycles. The van der Waals surface area contributed by atoms with Gasteiger partial charge in [0.15, 0.2) is 0 Å². The number of methoxy groups -OCH3 is 2. The first-order valence-corrected chi connectivity index (χ1v) is 8.50. The maximum Gasteiger partial charge on any atom is 0.337 e. The Balaban J connectivity index is 2.24. The number of hydrogen-bond donors (Lipinski definition) is 2. The number of urea groups is 1. The van der Waals surface area contributed by atoms with E-state index in [1.165, 1.54) is 32.4 Å². The van der Waals surface area contributed by atoms with Crippen LogP contribution in [0.5, 0.6) is 0 Å². The summed E-state index contributed by atoms with van der Waals surface area (Å²) in [7, 11) is 2.47. The van der Waals surface area contributed by atoms with Crippen LogP contribution in [0.3, 0.4) is 0 Å². The van der Waals surface area contributed by atoms with Gasteiger partial charge in [-0.1, -0.05) is 0 Å². The fourth-order valence-electron chi connectivity index (χ4n) is 3.08. The lowest BCUT2D eigenvalue weighted by Crippen LogP contribution is -2.46. The molecule has 2 rings (SSSR count). The largest absolute Gasteiger partial charge is 0.465 e. The number of aliphatic hydroxyl groups excluding tert-OH is 1. The Morgan fingerprint density at radius 1 is 1.12 bits per heavy atom. The first kappa shape index (κ1) is 19.7. The molecule has 1 aromatic carbocycles. The minimum Gasteiger partial charge on any atom is -0.465 e. The molecule has 142 valence electrons. The summed E-state index contributed by atoms with van der Waals surface area (Å²) < 4.78 is 9.38. The summed E-state index contributed by atoms with van der Waals surface area (Å²) in [6.07, 6.45) is 3.26. The zero-order chi connectivity index (χ0) is 19.1. The highest BCUT2D eigenvalue weighted by Crippen LogP contribution is 2.22. The third-order valence-electron chi connectivity index (χ3n) is 4.38. The van der Waals surface area contributed by atoms with Crippen molar-refractivity contribution in [2.75, 3.05) is 32.7 Å². The number of aliphatic hydroxyl groups is 1. The van der Waals surface area contributed by atoms with E-state index in [4.69, 9.17) is 0 Å². The quantitative estimate of drug-likeness (QED) is 0.775. The summed E-state index contributed by atoms with van der Waals surface area (Å²) in [5.74, 6) is -1.25. The maximum absolute atomic E-state index is 12.7. The van der Waals surface area contributed by atoms with Crippen LogP contribution in [-0.2, 0) is 9.47 Å². The molecule has 1 atom stereocenters. The molecule has 1 aliphatic rings. The van der Waals surface area contributed by atoms with Gasteiger partial charge in [-0.25, -0.2) is 14.4 Å². The van der Waals surface area contributed by atoms with E-state index in [1.807, 2.05) is 0 Å². The van der Waals surface area contributed by atoms with Crippen molar-refractivity contribution in [1.29, 1.82) is 0 Å². The normalized spacial score (nSPS) is 16.7. The highest BCUT2D eigenvalue weighted by atomic mass is 16.5. The minimum absolute atomic E-state index is 0.0127. The number of amides is 2. The maximum atomic E-state index is 12.7. The molecule has 1 fully saturated rings. The highest BCUT2D eigenvalue weighted by molar-refractivity contribution is 5.99. The van der Waals surface area contributed by atoms with Crippen LogP contribution < -0.4 is 5.32 Å². The van der Waals surface area contributed by atoms with Gasteiger partial charge in [-0.05, 0) is 43.9 Å². The molecule has 2 N–H and O–H groups in total. The average molecular weight is 364 g/mol. The highest BCUT2D eigenvalue weighted by Gasteiger charge is 2.26. The number of hydrogen-bond acceptors (Lipinski definition) is 6. The van der Waals surface area contributed by atoms with E-state index in [1.54, 1.807) is 4.90 Å². The molecular formula is C18H24N2O6. The van der Waals surface area contributed by atoms with Crippen LogP contribution in [0.25, 0.3) is 0 Å². The van der Waals surface area contributed by atoms with Crippen molar-refractivity contribution in [2.24, 2.45) is 0 Å². The van der Waals surface area contributed by atoms with Crippen LogP contribution in [-0.4, -0.2) is 61.4 Å². The Morgan fingerprint density at radius 2 is 1.73 bits per heavy atom. The Labute approximate surface area is 152 Å². The predicted octanol–water partition coefficient (Wildman–Crippen LogP) is 2.03. The third-order valence-corrected chi connectivity index (χ3v) is 4.38. The molecule has 0 aromatic heterocycles.